The van der Waals surface area contributed by atoms with Crippen LogP contribution in [-0.4, -0.2) is 22.4 Å². The van der Waals surface area contributed by atoms with Crippen LogP contribution in [0.15, 0.2) is 48.5 Å². The first kappa shape index (κ1) is 19.8. The molecule has 144 valence electrons. The Kier molecular flexibility index (Phi) is 6.26. The summed E-state index contributed by atoms with van der Waals surface area (Å²) in [7, 11) is 0. The lowest BCUT2D eigenvalue weighted by Gasteiger charge is -2.10. The highest BCUT2D eigenvalue weighted by Crippen LogP contribution is 2.18. The van der Waals surface area contributed by atoms with Gasteiger partial charge in [0, 0.05) is 22.9 Å². The molecule has 3 aromatic rings. The molecule has 0 unspecified atom stereocenters. The largest absolute Gasteiger partial charge is 0.350 e. The quantitative estimate of drug-likeness (QED) is 0.631. The van der Waals surface area contributed by atoms with Crippen LogP contribution in [0.5, 0.6) is 0 Å². The van der Waals surface area contributed by atoms with E-state index >= 15 is 0 Å². The molecular formula is C22H23ClN4O. The van der Waals surface area contributed by atoms with E-state index in [0.29, 0.717) is 23.2 Å². The molecule has 0 aliphatic carbocycles. The second-order valence-corrected chi connectivity index (χ2v) is 7.29. The molecule has 0 spiro atoms. The van der Waals surface area contributed by atoms with Crippen LogP contribution in [0.2, 0.25) is 5.02 Å². The number of aromatic nitrogens is 2. The van der Waals surface area contributed by atoms with Gasteiger partial charge in [0.25, 0.3) is 5.91 Å². The van der Waals surface area contributed by atoms with Gasteiger partial charge in [-0.1, -0.05) is 29.8 Å². The van der Waals surface area contributed by atoms with Crippen molar-refractivity contribution in [1.82, 2.24) is 15.3 Å². The Hall–Kier alpha value is -2.92. The van der Waals surface area contributed by atoms with E-state index in [0.717, 1.165) is 34.5 Å². The maximum Gasteiger partial charge on any atom is 0.270 e. The number of halogens is 1. The van der Waals surface area contributed by atoms with E-state index in [1.165, 1.54) is 0 Å². The topological polar surface area (TPSA) is 66.9 Å². The van der Waals surface area contributed by atoms with E-state index in [1.807, 2.05) is 57.2 Å². The maximum absolute atomic E-state index is 12.5. The summed E-state index contributed by atoms with van der Waals surface area (Å²) >= 11 is 5.89. The van der Waals surface area contributed by atoms with Crippen LogP contribution in [0.1, 0.15) is 32.9 Å². The first-order valence-electron chi connectivity index (χ1n) is 9.13. The second kappa shape index (κ2) is 8.85. The average Bonchev–Trinajstić information content (AvgIpc) is 2.62. The van der Waals surface area contributed by atoms with Gasteiger partial charge in [0.15, 0.2) is 0 Å². The van der Waals surface area contributed by atoms with Crippen molar-refractivity contribution in [3.05, 3.63) is 81.6 Å². The molecular weight excluding hydrogens is 372 g/mol. The van der Waals surface area contributed by atoms with Gasteiger partial charge in [-0.15, -0.1) is 0 Å². The Morgan fingerprint density at radius 2 is 1.64 bits per heavy atom. The van der Waals surface area contributed by atoms with Crippen LogP contribution < -0.4 is 10.6 Å². The van der Waals surface area contributed by atoms with Gasteiger partial charge in [0.05, 0.1) is 0 Å². The number of hydrogen-bond donors (Lipinski definition) is 2. The van der Waals surface area contributed by atoms with Crippen LogP contribution in [0, 0.1) is 20.8 Å². The minimum atomic E-state index is -0.220. The van der Waals surface area contributed by atoms with E-state index in [4.69, 9.17) is 11.6 Å². The van der Waals surface area contributed by atoms with Crippen LogP contribution in [0.3, 0.4) is 0 Å². The molecule has 0 bridgehead atoms. The molecule has 2 aromatic carbocycles. The van der Waals surface area contributed by atoms with Gasteiger partial charge < -0.3 is 10.6 Å². The lowest BCUT2D eigenvalue weighted by molar-refractivity contribution is 0.0949. The number of benzene rings is 2. The van der Waals surface area contributed by atoms with Crippen molar-refractivity contribution >= 4 is 29.1 Å². The summed E-state index contributed by atoms with van der Waals surface area (Å²) in [5, 5.41) is 6.80. The summed E-state index contributed by atoms with van der Waals surface area (Å²) in [5.74, 6) is 0.191. The molecule has 28 heavy (non-hydrogen) atoms. The van der Waals surface area contributed by atoms with E-state index in [-0.39, 0.29) is 5.91 Å². The van der Waals surface area contributed by atoms with E-state index in [2.05, 4.69) is 26.7 Å². The molecule has 1 amide bonds. The van der Waals surface area contributed by atoms with Crippen molar-refractivity contribution in [2.75, 3.05) is 11.9 Å². The third kappa shape index (κ3) is 5.54. The smallest absolute Gasteiger partial charge is 0.270 e. The number of amides is 1. The molecule has 1 aromatic heterocycles. The molecule has 0 atom stereocenters. The van der Waals surface area contributed by atoms with Gasteiger partial charge in [0.2, 0.25) is 5.95 Å². The molecule has 6 heteroatoms. The van der Waals surface area contributed by atoms with Gasteiger partial charge in [-0.2, -0.15) is 0 Å². The highest BCUT2D eigenvalue weighted by molar-refractivity contribution is 6.30. The Morgan fingerprint density at radius 3 is 2.32 bits per heavy atom. The third-order valence-corrected chi connectivity index (χ3v) is 4.43. The minimum Gasteiger partial charge on any atom is -0.350 e. The lowest BCUT2D eigenvalue weighted by Crippen LogP contribution is -2.27. The van der Waals surface area contributed by atoms with E-state index < -0.39 is 0 Å². The van der Waals surface area contributed by atoms with Crippen molar-refractivity contribution in [3.63, 3.8) is 0 Å². The molecule has 0 saturated carbocycles. The van der Waals surface area contributed by atoms with Crippen LogP contribution >= 0.6 is 11.6 Å². The number of nitrogens with one attached hydrogen (secondary N) is 2. The first-order chi connectivity index (χ1) is 13.4. The highest BCUT2D eigenvalue weighted by Gasteiger charge is 2.11. The normalized spacial score (nSPS) is 10.6. The molecule has 3 rings (SSSR count). The van der Waals surface area contributed by atoms with Crippen LogP contribution in [-0.2, 0) is 6.42 Å². The monoisotopic (exact) mass is 394 g/mol. The maximum atomic E-state index is 12.5. The Bertz CT molecular complexity index is 966. The fourth-order valence-corrected chi connectivity index (χ4v) is 3.10. The summed E-state index contributed by atoms with van der Waals surface area (Å²) in [5.41, 5.74) is 5.38. The highest BCUT2D eigenvalue weighted by atomic mass is 35.5. The third-order valence-electron chi connectivity index (χ3n) is 4.18. The number of rotatable bonds is 6. The molecule has 1 heterocycles. The van der Waals surface area contributed by atoms with E-state index in [9.17, 15) is 4.79 Å². The summed E-state index contributed by atoms with van der Waals surface area (Å²) < 4.78 is 0. The number of nitrogens with zero attached hydrogens (tertiary/aromatic N) is 2. The predicted octanol–water partition coefficient (Wildman–Crippen LogP) is 4.77. The molecule has 0 radical (unpaired) electrons. The zero-order chi connectivity index (χ0) is 20.1. The molecule has 2 N–H and O–H groups in total. The second-order valence-electron chi connectivity index (χ2n) is 6.85. The van der Waals surface area contributed by atoms with Crippen LogP contribution in [0.25, 0.3) is 0 Å². The minimum absolute atomic E-state index is 0.220. The number of hydrogen-bond acceptors (Lipinski definition) is 4. The van der Waals surface area contributed by atoms with Gasteiger partial charge in [-0.25, -0.2) is 9.97 Å². The lowest BCUT2D eigenvalue weighted by atomic mass is 10.1. The van der Waals surface area contributed by atoms with Crippen molar-refractivity contribution in [2.45, 2.75) is 27.2 Å². The summed E-state index contributed by atoms with van der Waals surface area (Å²) in [6.45, 7) is 6.44. The fraction of sp³-hybridized carbons (Fsp3) is 0.227. The standard InChI is InChI=1S/C22H23ClN4O/c1-14-10-15(2)12-19(11-14)26-22-25-16(3)13-20(27-22)21(28)24-9-8-17-4-6-18(23)7-5-17/h4-7,10-13H,8-9H2,1-3H3,(H,24,28)(H,25,26,27). The molecule has 0 aliphatic heterocycles. The van der Waals surface area contributed by atoms with Gasteiger partial charge in [0.1, 0.15) is 5.69 Å². The summed E-state index contributed by atoms with van der Waals surface area (Å²) in [4.78, 5) is 21.3. The molecule has 5 nitrogen and oxygen atoms in total. The molecule has 0 fully saturated rings. The first-order valence-corrected chi connectivity index (χ1v) is 9.50. The van der Waals surface area contributed by atoms with E-state index in [1.54, 1.807) is 6.07 Å². The van der Waals surface area contributed by atoms with Gasteiger partial charge in [-0.3, -0.25) is 4.79 Å². The SMILES string of the molecule is Cc1cc(C)cc(Nc2nc(C)cc(C(=O)NCCc3ccc(Cl)cc3)n2)c1. The van der Waals surface area contributed by atoms with Crippen molar-refractivity contribution in [1.29, 1.82) is 0 Å². The number of carbonyl (C=O) groups is 1. The van der Waals surface area contributed by atoms with Gasteiger partial charge >= 0.3 is 0 Å². The summed E-state index contributed by atoms with van der Waals surface area (Å²) in [6.07, 6.45) is 0.723. The Labute approximate surface area is 170 Å². The predicted molar refractivity (Wildman–Crippen MR) is 113 cm³/mol. The van der Waals surface area contributed by atoms with Crippen molar-refractivity contribution in [2.24, 2.45) is 0 Å². The van der Waals surface area contributed by atoms with Crippen molar-refractivity contribution < 1.29 is 4.79 Å². The van der Waals surface area contributed by atoms with Crippen LogP contribution in [0.4, 0.5) is 11.6 Å². The number of anilines is 2. The Morgan fingerprint density at radius 1 is 0.964 bits per heavy atom. The zero-order valence-electron chi connectivity index (χ0n) is 16.2. The number of aryl methyl sites for hydroxylation is 3. The van der Waals surface area contributed by atoms with Crippen molar-refractivity contribution in [3.8, 4) is 0 Å². The average molecular weight is 395 g/mol. The summed E-state index contributed by atoms with van der Waals surface area (Å²) in [6, 6.07) is 15.4. The fourth-order valence-electron chi connectivity index (χ4n) is 2.98. The zero-order valence-corrected chi connectivity index (χ0v) is 17.0. The molecule has 0 aliphatic rings. The van der Waals surface area contributed by atoms with Gasteiger partial charge in [-0.05, 0) is 74.2 Å². The molecule has 0 saturated heterocycles. The number of carbonyl (C=O) groups excluding carboxylic acids is 1. The Balaban J connectivity index is 1.66.